The topological polar surface area (TPSA) is 59.0 Å². The number of amides is 2. The number of benzene rings is 2. The number of carbonyl (C=O) groups is 2. The Labute approximate surface area is 162 Å². The van der Waals surface area contributed by atoms with Crippen molar-refractivity contribution >= 4 is 28.8 Å². The Morgan fingerprint density at radius 3 is 2.36 bits per heavy atom. The van der Waals surface area contributed by atoms with Gasteiger partial charge in [-0.15, -0.1) is 0 Å². The molecule has 4 atom stereocenters. The fraction of sp³-hybridized carbons (Fsp3) is 0.348. The third kappa shape index (κ3) is 1.84. The van der Waals surface area contributed by atoms with Crippen LogP contribution in [0, 0.1) is 29.1 Å². The summed E-state index contributed by atoms with van der Waals surface area (Å²) in [6, 6.07) is 11.8. The van der Waals surface area contributed by atoms with E-state index in [4.69, 9.17) is 4.74 Å². The fourth-order valence-corrected chi connectivity index (χ4v) is 5.88. The standard InChI is InChI=1S/C23H20N2O3/c1-28-18-9-6-13-4-2-3-5-14(13)15(18)12-24-25-21(26)19-16-7-8-17(20(19)22(25)27)23(16)10-11-23/h2-9,12,16-17,19-20H,10-11H2,1H3/b24-12-/t16-,17+,19-,20+. The molecule has 1 heterocycles. The van der Waals surface area contributed by atoms with Gasteiger partial charge in [0.05, 0.1) is 25.2 Å². The Bertz CT molecular complexity index is 1060. The summed E-state index contributed by atoms with van der Waals surface area (Å²) in [5.41, 5.74) is 0.980. The van der Waals surface area contributed by atoms with Gasteiger partial charge in [-0.3, -0.25) is 9.59 Å². The second kappa shape index (κ2) is 5.31. The monoisotopic (exact) mass is 372 g/mol. The normalized spacial score (nSPS) is 31.5. The SMILES string of the molecule is COc1ccc2ccccc2c1/C=N\N1C(=O)[C@@H]2[C@H](C1=O)[C@H]1C=C[C@@H]2C12CC2. The van der Waals surface area contributed by atoms with Crippen molar-refractivity contribution in [2.45, 2.75) is 12.8 Å². The molecular weight excluding hydrogens is 352 g/mol. The van der Waals surface area contributed by atoms with Crippen molar-refractivity contribution in [3.05, 3.63) is 54.1 Å². The number of ether oxygens (including phenoxy) is 1. The minimum atomic E-state index is -0.225. The number of hydrogen-bond acceptors (Lipinski definition) is 4. The van der Waals surface area contributed by atoms with Gasteiger partial charge in [0.1, 0.15) is 5.75 Å². The van der Waals surface area contributed by atoms with Crippen LogP contribution in [0.3, 0.4) is 0 Å². The summed E-state index contributed by atoms with van der Waals surface area (Å²) in [7, 11) is 1.61. The van der Waals surface area contributed by atoms with Crippen molar-refractivity contribution in [3.8, 4) is 5.75 Å². The maximum Gasteiger partial charge on any atom is 0.254 e. The number of rotatable bonds is 3. The van der Waals surface area contributed by atoms with Gasteiger partial charge in [0.25, 0.3) is 11.8 Å². The number of carbonyl (C=O) groups excluding carboxylic acids is 2. The molecule has 0 radical (unpaired) electrons. The van der Waals surface area contributed by atoms with Crippen LogP contribution in [0.15, 0.2) is 53.7 Å². The van der Waals surface area contributed by atoms with Gasteiger partial charge in [-0.25, -0.2) is 0 Å². The minimum Gasteiger partial charge on any atom is -0.496 e. The number of methoxy groups -OCH3 is 1. The van der Waals surface area contributed by atoms with E-state index in [1.54, 1.807) is 13.3 Å². The van der Waals surface area contributed by atoms with Crippen LogP contribution in [-0.2, 0) is 9.59 Å². The summed E-state index contributed by atoms with van der Waals surface area (Å²) in [5.74, 6) is 0.355. The zero-order chi connectivity index (χ0) is 19.0. The lowest BCUT2D eigenvalue weighted by atomic mass is 9.85. The number of imide groups is 1. The molecule has 1 spiro atoms. The molecule has 3 aliphatic carbocycles. The Balaban J connectivity index is 1.37. The quantitative estimate of drug-likeness (QED) is 0.471. The van der Waals surface area contributed by atoms with Gasteiger partial charge in [0, 0.05) is 5.56 Å². The first-order valence-electron chi connectivity index (χ1n) is 9.81. The molecule has 0 aromatic heterocycles. The van der Waals surface area contributed by atoms with Crippen LogP contribution in [0.25, 0.3) is 10.8 Å². The zero-order valence-electron chi connectivity index (χ0n) is 15.5. The summed E-state index contributed by atoms with van der Waals surface area (Å²) >= 11 is 0. The third-order valence-corrected chi connectivity index (χ3v) is 7.28. The summed E-state index contributed by atoms with van der Waals surface area (Å²) in [6.07, 6.45) is 8.22. The Kier molecular flexibility index (Phi) is 3.04. The molecule has 2 saturated carbocycles. The lowest BCUT2D eigenvalue weighted by Crippen LogP contribution is -2.30. The molecule has 1 saturated heterocycles. The first-order valence-corrected chi connectivity index (χ1v) is 9.81. The molecule has 140 valence electrons. The zero-order valence-corrected chi connectivity index (χ0v) is 15.5. The van der Waals surface area contributed by atoms with Crippen molar-refractivity contribution in [1.29, 1.82) is 0 Å². The van der Waals surface area contributed by atoms with Crippen LogP contribution in [0.2, 0.25) is 0 Å². The third-order valence-electron chi connectivity index (χ3n) is 7.28. The lowest BCUT2D eigenvalue weighted by molar-refractivity contribution is -0.141. The van der Waals surface area contributed by atoms with Crippen LogP contribution in [-0.4, -0.2) is 30.1 Å². The van der Waals surface area contributed by atoms with Gasteiger partial charge < -0.3 is 4.74 Å². The molecule has 0 N–H and O–H groups in total. The van der Waals surface area contributed by atoms with E-state index >= 15 is 0 Å². The van der Waals surface area contributed by atoms with Crippen molar-refractivity contribution in [1.82, 2.24) is 5.01 Å². The molecule has 6 rings (SSSR count). The Hall–Kier alpha value is -2.95. The lowest BCUT2D eigenvalue weighted by Gasteiger charge is -2.18. The average Bonchev–Trinajstić information content (AvgIpc) is 3.32. The van der Waals surface area contributed by atoms with Gasteiger partial charge in [0.15, 0.2) is 0 Å². The van der Waals surface area contributed by atoms with Gasteiger partial charge in [-0.2, -0.15) is 10.1 Å². The van der Waals surface area contributed by atoms with Gasteiger partial charge in [-0.05, 0) is 46.9 Å². The van der Waals surface area contributed by atoms with E-state index in [-0.39, 0.29) is 40.9 Å². The number of hydrogen-bond donors (Lipinski definition) is 0. The summed E-state index contributed by atoms with van der Waals surface area (Å²) in [6.45, 7) is 0. The highest BCUT2D eigenvalue weighted by Crippen LogP contribution is 2.73. The van der Waals surface area contributed by atoms with Crippen molar-refractivity contribution in [2.24, 2.45) is 34.2 Å². The highest BCUT2D eigenvalue weighted by Gasteiger charge is 2.73. The molecule has 4 aliphatic rings. The first-order chi connectivity index (χ1) is 13.7. The van der Waals surface area contributed by atoms with Crippen LogP contribution < -0.4 is 4.74 Å². The summed E-state index contributed by atoms with van der Waals surface area (Å²) in [5, 5.41) is 7.50. The van der Waals surface area contributed by atoms with E-state index in [1.165, 1.54) is 0 Å². The largest absolute Gasteiger partial charge is 0.496 e. The van der Waals surface area contributed by atoms with Crippen LogP contribution >= 0.6 is 0 Å². The van der Waals surface area contributed by atoms with E-state index in [0.29, 0.717) is 5.75 Å². The predicted molar refractivity (Wildman–Crippen MR) is 105 cm³/mol. The summed E-state index contributed by atoms with van der Waals surface area (Å²) in [4.78, 5) is 26.1. The smallest absolute Gasteiger partial charge is 0.254 e. The van der Waals surface area contributed by atoms with Crippen LogP contribution in [0.5, 0.6) is 5.75 Å². The van der Waals surface area contributed by atoms with E-state index in [2.05, 4.69) is 17.3 Å². The molecule has 1 aliphatic heterocycles. The number of fused-ring (bicyclic) bond motifs is 4. The second-order valence-electron chi connectivity index (χ2n) is 8.36. The molecule has 2 bridgehead atoms. The molecular formula is C23H20N2O3. The van der Waals surface area contributed by atoms with Gasteiger partial charge in [0.2, 0.25) is 0 Å². The molecule has 5 nitrogen and oxygen atoms in total. The number of hydrazone groups is 1. The highest BCUT2D eigenvalue weighted by molar-refractivity contribution is 6.08. The van der Waals surface area contributed by atoms with Crippen molar-refractivity contribution in [2.75, 3.05) is 7.11 Å². The van der Waals surface area contributed by atoms with E-state index in [1.807, 2.05) is 36.4 Å². The highest BCUT2D eigenvalue weighted by atomic mass is 16.5. The van der Waals surface area contributed by atoms with E-state index < -0.39 is 0 Å². The Morgan fingerprint density at radius 1 is 1.04 bits per heavy atom. The van der Waals surface area contributed by atoms with Crippen molar-refractivity contribution in [3.63, 3.8) is 0 Å². The molecule has 28 heavy (non-hydrogen) atoms. The maximum atomic E-state index is 13.1. The van der Waals surface area contributed by atoms with Gasteiger partial charge in [-0.1, -0.05) is 42.5 Å². The average molecular weight is 372 g/mol. The van der Waals surface area contributed by atoms with E-state index in [0.717, 1.165) is 34.2 Å². The summed E-state index contributed by atoms with van der Waals surface area (Å²) < 4.78 is 5.49. The van der Waals surface area contributed by atoms with Crippen LogP contribution in [0.4, 0.5) is 0 Å². The number of allylic oxidation sites excluding steroid dienone is 2. The van der Waals surface area contributed by atoms with Crippen molar-refractivity contribution < 1.29 is 14.3 Å². The molecule has 2 aromatic carbocycles. The fourth-order valence-electron chi connectivity index (χ4n) is 5.88. The predicted octanol–water partition coefficient (Wildman–Crippen LogP) is 3.38. The second-order valence-corrected chi connectivity index (χ2v) is 8.36. The van der Waals surface area contributed by atoms with E-state index in [9.17, 15) is 9.59 Å². The molecule has 2 aromatic rings. The van der Waals surface area contributed by atoms with Gasteiger partial charge >= 0.3 is 0 Å². The molecule has 5 heteroatoms. The first kappa shape index (κ1) is 16.0. The Morgan fingerprint density at radius 2 is 1.71 bits per heavy atom. The minimum absolute atomic E-state index is 0.145. The molecule has 3 fully saturated rings. The molecule has 0 unspecified atom stereocenters. The maximum absolute atomic E-state index is 13.1. The number of nitrogens with zero attached hydrogens (tertiary/aromatic N) is 2. The van der Waals surface area contributed by atoms with Crippen LogP contribution in [0.1, 0.15) is 18.4 Å². The molecule has 2 amide bonds.